The molecule has 2 rings (SSSR count). The molecule has 0 aromatic rings. The molecule has 4 heteroatoms. The lowest BCUT2D eigenvalue weighted by Crippen LogP contribution is -2.40. The first-order chi connectivity index (χ1) is 11.2. The molecule has 0 aromatic carbocycles. The summed E-state index contributed by atoms with van der Waals surface area (Å²) in [5.74, 6) is -0.428. The van der Waals surface area contributed by atoms with E-state index >= 15 is 0 Å². The summed E-state index contributed by atoms with van der Waals surface area (Å²) in [6.45, 7) is 9.87. The van der Waals surface area contributed by atoms with Crippen LogP contribution in [0, 0.1) is 5.92 Å². The van der Waals surface area contributed by atoms with Gasteiger partial charge in [-0.1, -0.05) is 29.9 Å². The van der Waals surface area contributed by atoms with E-state index < -0.39 is 5.60 Å². The molecule has 2 aliphatic rings. The molecule has 1 saturated heterocycles. The van der Waals surface area contributed by atoms with Gasteiger partial charge in [0.25, 0.3) is 0 Å². The Morgan fingerprint density at radius 3 is 2.67 bits per heavy atom. The lowest BCUT2D eigenvalue weighted by Gasteiger charge is -2.32. The fraction of sp³-hybridized carbons (Fsp3) is 0.650. The molecular weight excluding hydrogens is 324 g/mol. The van der Waals surface area contributed by atoms with Gasteiger partial charge in [-0.15, -0.1) is 11.6 Å². The third kappa shape index (κ3) is 4.73. The van der Waals surface area contributed by atoms with Crippen LogP contribution in [0.4, 0.5) is 0 Å². The van der Waals surface area contributed by atoms with Crippen LogP contribution in [0.1, 0.15) is 59.3 Å². The van der Waals surface area contributed by atoms with Crippen molar-refractivity contribution in [2.45, 2.75) is 76.4 Å². The number of fused-ring (bicyclic) bond motifs is 1. The number of ether oxygens (including phenoxy) is 1. The summed E-state index contributed by atoms with van der Waals surface area (Å²) < 4.78 is 5.48. The van der Waals surface area contributed by atoms with Gasteiger partial charge in [-0.3, -0.25) is 0 Å². The number of alkyl halides is 1. The highest BCUT2D eigenvalue weighted by molar-refractivity contribution is 6.21. The SMILES string of the molecule is C=C1C(=O)O[C@H]2C[C@@](C)(O)[C@H](Cl)CC/C(C)=C\CC/C(C)=C/C[C@H]12. The highest BCUT2D eigenvalue weighted by Crippen LogP contribution is 2.37. The topological polar surface area (TPSA) is 46.5 Å². The molecule has 0 radical (unpaired) electrons. The molecule has 1 heterocycles. The van der Waals surface area contributed by atoms with Crippen molar-refractivity contribution < 1.29 is 14.6 Å². The molecule has 0 saturated carbocycles. The van der Waals surface area contributed by atoms with Gasteiger partial charge in [0.1, 0.15) is 6.10 Å². The number of esters is 1. The summed E-state index contributed by atoms with van der Waals surface area (Å²) in [5.41, 5.74) is 2.04. The summed E-state index contributed by atoms with van der Waals surface area (Å²) in [4.78, 5) is 11.9. The highest BCUT2D eigenvalue weighted by atomic mass is 35.5. The second-order valence-corrected chi connectivity index (χ2v) is 8.05. The van der Waals surface area contributed by atoms with Crippen molar-refractivity contribution in [1.29, 1.82) is 0 Å². The van der Waals surface area contributed by atoms with Gasteiger partial charge in [-0.2, -0.15) is 0 Å². The second-order valence-electron chi connectivity index (χ2n) is 7.52. The summed E-state index contributed by atoms with van der Waals surface area (Å²) in [6.07, 6.45) is 8.72. The average molecular weight is 353 g/mol. The predicted octanol–water partition coefficient (Wildman–Crippen LogP) is 4.69. The number of carbonyl (C=O) groups is 1. The van der Waals surface area contributed by atoms with Gasteiger partial charge in [0.05, 0.1) is 11.0 Å². The Labute approximate surface area is 150 Å². The Morgan fingerprint density at radius 2 is 1.96 bits per heavy atom. The van der Waals surface area contributed by atoms with E-state index in [4.69, 9.17) is 16.3 Å². The van der Waals surface area contributed by atoms with Crippen LogP contribution in [0.5, 0.6) is 0 Å². The van der Waals surface area contributed by atoms with Crippen LogP contribution in [0.25, 0.3) is 0 Å². The smallest absolute Gasteiger partial charge is 0.334 e. The van der Waals surface area contributed by atoms with Crippen molar-refractivity contribution in [3.05, 3.63) is 35.5 Å². The van der Waals surface area contributed by atoms with Crippen LogP contribution in [0.3, 0.4) is 0 Å². The zero-order chi connectivity index (χ0) is 17.9. The Morgan fingerprint density at radius 1 is 1.29 bits per heavy atom. The molecule has 24 heavy (non-hydrogen) atoms. The highest BCUT2D eigenvalue weighted by Gasteiger charge is 2.43. The van der Waals surface area contributed by atoms with Crippen molar-refractivity contribution in [1.82, 2.24) is 0 Å². The molecule has 4 atom stereocenters. The first-order valence-corrected chi connectivity index (χ1v) is 9.22. The average Bonchev–Trinajstić information content (AvgIpc) is 2.75. The Hall–Kier alpha value is -1.06. The maximum absolute atomic E-state index is 11.9. The van der Waals surface area contributed by atoms with Crippen molar-refractivity contribution in [2.24, 2.45) is 5.92 Å². The van der Waals surface area contributed by atoms with Crippen molar-refractivity contribution in [3.8, 4) is 0 Å². The van der Waals surface area contributed by atoms with Crippen LogP contribution >= 0.6 is 11.6 Å². The predicted molar refractivity (Wildman–Crippen MR) is 98.0 cm³/mol. The quantitative estimate of drug-likeness (QED) is 0.298. The molecule has 3 nitrogen and oxygen atoms in total. The molecular formula is C20H29ClO3. The number of rotatable bonds is 0. The molecule has 0 bridgehead atoms. The second kappa shape index (κ2) is 7.88. The fourth-order valence-corrected chi connectivity index (χ4v) is 3.63. The summed E-state index contributed by atoms with van der Waals surface area (Å²) in [7, 11) is 0. The number of carbonyl (C=O) groups excluding carboxylic acids is 1. The summed E-state index contributed by atoms with van der Waals surface area (Å²) in [6, 6.07) is 0. The molecule has 0 aromatic heterocycles. The van der Waals surface area contributed by atoms with Crippen LogP contribution in [-0.4, -0.2) is 28.2 Å². The van der Waals surface area contributed by atoms with Crippen LogP contribution in [-0.2, 0) is 9.53 Å². The zero-order valence-electron chi connectivity index (χ0n) is 15.0. The summed E-state index contributed by atoms with van der Waals surface area (Å²) >= 11 is 6.48. The molecule has 0 amide bonds. The third-order valence-electron chi connectivity index (χ3n) is 5.25. The maximum Gasteiger partial charge on any atom is 0.334 e. The first-order valence-electron chi connectivity index (χ1n) is 8.78. The number of hydrogen-bond donors (Lipinski definition) is 1. The first kappa shape index (κ1) is 19.3. The van der Waals surface area contributed by atoms with Crippen LogP contribution < -0.4 is 0 Å². The minimum Gasteiger partial charge on any atom is -0.458 e. The van der Waals surface area contributed by atoms with Gasteiger partial charge < -0.3 is 9.84 Å². The minimum atomic E-state index is -1.08. The number of hydrogen-bond acceptors (Lipinski definition) is 3. The molecule has 1 aliphatic heterocycles. The van der Waals surface area contributed by atoms with E-state index in [1.165, 1.54) is 11.1 Å². The third-order valence-corrected chi connectivity index (χ3v) is 5.94. The lowest BCUT2D eigenvalue weighted by molar-refractivity contribution is -0.141. The van der Waals surface area contributed by atoms with Gasteiger partial charge in [0, 0.05) is 17.9 Å². The molecule has 134 valence electrons. The van der Waals surface area contributed by atoms with Crippen LogP contribution in [0.15, 0.2) is 35.5 Å². The number of allylic oxidation sites excluding steroid dienone is 4. The molecule has 0 unspecified atom stereocenters. The van der Waals surface area contributed by atoms with E-state index in [0.717, 1.165) is 19.3 Å². The fourth-order valence-electron chi connectivity index (χ4n) is 3.43. The number of halogens is 1. The molecule has 0 spiro atoms. The number of aliphatic hydroxyl groups is 1. The van der Waals surface area contributed by atoms with E-state index in [2.05, 4.69) is 32.6 Å². The van der Waals surface area contributed by atoms with E-state index in [0.29, 0.717) is 24.8 Å². The minimum absolute atomic E-state index is 0.0805. The van der Waals surface area contributed by atoms with Gasteiger partial charge in [-0.25, -0.2) is 4.79 Å². The standard InChI is InChI=1S/C20H29ClO3/c1-13-6-5-7-14(2)9-11-18(21)20(4,23)12-17-16(10-8-13)15(3)19(22)24-17/h7-8,16-18,23H,3,5-6,9-12H2,1-2,4H3/b13-8+,14-7-/t16-,17+,18-,20-/m1/s1. The molecule has 1 N–H and O–H groups in total. The van der Waals surface area contributed by atoms with Gasteiger partial charge in [0.15, 0.2) is 0 Å². The van der Waals surface area contributed by atoms with Gasteiger partial charge >= 0.3 is 5.97 Å². The van der Waals surface area contributed by atoms with Gasteiger partial charge in [-0.05, 0) is 52.9 Å². The van der Waals surface area contributed by atoms with E-state index in [9.17, 15) is 9.90 Å². The van der Waals surface area contributed by atoms with E-state index in [-0.39, 0.29) is 23.4 Å². The maximum atomic E-state index is 11.9. The van der Waals surface area contributed by atoms with Crippen molar-refractivity contribution >= 4 is 17.6 Å². The largest absolute Gasteiger partial charge is 0.458 e. The molecule has 1 fully saturated rings. The molecule has 1 aliphatic carbocycles. The normalized spacial score (nSPS) is 40.6. The Kier molecular flexibility index (Phi) is 6.33. The van der Waals surface area contributed by atoms with Crippen molar-refractivity contribution in [2.75, 3.05) is 0 Å². The van der Waals surface area contributed by atoms with E-state index in [1.54, 1.807) is 6.92 Å². The Balaban J connectivity index is 2.25. The Bertz CT molecular complexity index is 559. The monoisotopic (exact) mass is 352 g/mol. The zero-order valence-corrected chi connectivity index (χ0v) is 15.7. The lowest BCUT2D eigenvalue weighted by atomic mass is 9.83. The van der Waals surface area contributed by atoms with Crippen molar-refractivity contribution in [3.63, 3.8) is 0 Å². The summed E-state index contributed by atoms with van der Waals surface area (Å²) in [5, 5.41) is 10.4. The van der Waals surface area contributed by atoms with Crippen LogP contribution in [0.2, 0.25) is 0 Å². The van der Waals surface area contributed by atoms with Gasteiger partial charge in [0.2, 0.25) is 0 Å². The van der Waals surface area contributed by atoms with E-state index in [1.807, 2.05) is 0 Å².